The Kier molecular flexibility index (Phi) is 4.79. The second-order valence-electron chi connectivity index (χ2n) is 4.15. The number of hydrazone groups is 1. The van der Waals surface area contributed by atoms with Gasteiger partial charge in [0.25, 0.3) is 5.91 Å². The van der Waals surface area contributed by atoms with E-state index in [1.165, 1.54) is 0 Å². The smallest absolute Gasteiger partial charge is 0.277 e. The summed E-state index contributed by atoms with van der Waals surface area (Å²) in [6.45, 7) is -0.103. The van der Waals surface area contributed by atoms with Gasteiger partial charge in [0.05, 0.1) is 6.21 Å². The van der Waals surface area contributed by atoms with E-state index in [1.54, 1.807) is 30.5 Å². The number of carbonyl (C=O) groups is 1. The molecule has 0 aliphatic heterocycles. The van der Waals surface area contributed by atoms with Crippen LogP contribution in [-0.4, -0.2) is 23.3 Å². The van der Waals surface area contributed by atoms with Crippen LogP contribution in [0.15, 0.2) is 47.8 Å². The lowest BCUT2D eigenvalue weighted by Crippen LogP contribution is -2.24. The highest BCUT2D eigenvalue weighted by Crippen LogP contribution is 2.15. The van der Waals surface area contributed by atoms with Crippen molar-refractivity contribution in [1.29, 1.82) is 0 Å². The van der Waals surface area contributed by atoms with E-state index in [0.717, 1.165) is 5.56 Å². The third kappa shape index (κ3) is 4.44. The molecule has 0 atom stereocenters. The molecule has 1 N–H and O–H groups in total. The molecular formula is C14H14ClN3O2. The molecule has 0 aliphatic rings. The lowest BCUT2D eigenvalue weighted by Gasteiger charge is -2.04. The van der Waals surface area contributed by atoms with E-state index in [1.807, 2.05) is 30.1 Å². The fourth-order valence-electron chi connectivity index (χ4n) is 1.49. The number of nitrogens with one attached hydrogen (secondary N) is 1. The molecule has 20 heavy (non-hydrogen) atoms. The van der Waals surface area contributed by atoms with Gasteiger partial charge in [-0.25, -0.2) is 5.43 Å². The molecule has 1 amide bonds. The molecule has 6 heteroatoms. The first-order valence-electron chi connectivity index (χ1n) is 5.96. The van der Waals surface area contributed by atoms with E-state index >= 15 is 0 Å². The maximum atomic E-state index is 11.5. The average Bonchev–Trinajstić information content (AvgIpc) is 2.84. The maximum Gasteiger partial charge on any atom is 0.277 e. The Morgan fingerprint density at radius 1 is 1.40 bits per heavy atom. The quantitative estimate of drug-likeness (QED) is 0.678. The predicted molar refractivity (Wildman–Crippen MR) is 78.1 cm³/mol. The zero-order chi connectivity index (χ0) is 14.4. The van der Waals surface area contributed by atoms with E-state index < -0.39 is 0 Å². The number of nitrogens with zero attached hydrogens (tertiary/aromatic N) is 2. The Morgan fingerprint density at radius 3 is 2.80 bits per heavy atom. The number of carbonyl (C=O) groups excluding carboxylic acids is 1. The molecule has 1 aromatic heterocycles. The number of aromatic nitrogens is 1. The molecule has 0 fully saturated rings. The zero-order valence-corrected chi connectivity index (χ0v) is 11.7. The highest BCUT2D eigenvalue weighted by atomic mass is 35.5. The van der Waals surface area contributed by atoms with Gasteiger partial charge in [-0.2, -0.15) is 5.10 Å². The molecule has 0 spiro atoms. The largest absolute Gasteiger partial charge is 0.484 e. The summed E-state index contributed by atoms with van der Waals surface area (Å²) in [5.41, 5.74) is 3.30. The summed E-state index contributed by atoms with van der Waals surface area (Å²) in [4.78, 5) is 11.5. The fourth-order valence-corrected chi connectivity index (χ4v) is 1.62. The first-order valence-corrected chi connectivity index (χ1v) is 6.33. The normalized spacial score (nSPS) is 10.7. The molecule has 0 aliphatic carbocycles. The molecule has 1 aromatic carbocycles. The highest BCUT2D eigenvalue weighted by molar-refractivity contribution is 6.30. The van der Waals surface area contributed by atoms with Crippen molar-refractivity contribution in [2.24, 2.45) is 12.1 Å². The van der Waals surface area contributed by atoms with Gasteiger partial charge in [-0.15, -0.1) is 0 Å². The second-order valence-corrected chi connectivity index (χ2v) is 4.58. The van der Waals surface area contributed by atoms with E-state index in [0.29, 0.717) is 10.8 Å². The van der Waals surface area contributed by atoms with Gasteiger partial charge < -0.3 is 9.30 Å². The predicted octanol–water partition coefficient (Wildman–Crippen LogP) is 2.21. The zero-order valence-electron chi connectivity index (χ0n) is 10.9. The van der Waals surface area contributed by atoms with Gasteiger partial charge in [-0.05, 0) is 30.3 Å². The standard InChI is InChI=1S/C14H14ClN3O2/c1-18-7-6-11(9-18)8-16-17-14(19)10-20-13-4-2-12(15)3-5-13/h2-9H,10H2,1H3,(H,17,19)/b16-8-. The number of rotatable bonds is 5. The molecule has 104 valence electrons. The lowest BCUT2D eigenvalue weighted by molar-refractivity contribution is -0.123. The minimum atomic E-state index is -0.327. The van der Waals surface area contributed by atoms with Crippen molar-refractivity contribution in [3.63, 3.8) is 0 Å². The Labute approximate surface area is 121 Å². The minimum absolute atomic E-state index is 0.103. The molecule has 1 heterocycles. The highest BCUT2D eigenvalue weighted by Gasteiger charge is 2.01. The molecule has 0 radical (unpaired) electrons. The summed E-state index contributed by atoms with van der Waals surface area (Å²) >= 11 is 5.75. The maximum absolute atomic E-state index is 11.5. The summed E-state index contributed by atoms with van der Waals surface area (Å²) < 4.78 is 7.18. The van der Waals surface area contributed by atoms with Crippen LogP contribution < -0.4 is 10.2 Å². The number of hydrogen-bond acceptors (Lipinski definition) is 3. The van der Waals surface area contributed by atoms with Gasteiger partial charge in [-0.1, -0.05) is 11.6 Å². The second kappa shape index (κ2) is 6.77. The van der Waals surface area contributed by atoms with Crippen molar-refractivity contribution in [2.45, 2.75) is 0 Å². The first-order chi connectivity index (χ1) is 9.63. The van der Waals surface area contributed by atoms with Crippen molar-refractivity contribution >= 4 is 23.7 Å². The van der Waals surface area contributed by atoms with Gasteiger partial charge in [0, 0.05) is 30.0 Å². The van der Waals surface area contributed by atoms with Crippen LogP contribution in [0.25, 0.3) is 0 Å². The number of hydrogen-bond donors (Lipinski definition) is 1. The van der Waals surface area contributed by atoms with Gasteiger partial charge in [0.1, 0.15) is 5.75 Å². The van der Waals surface area contributed by atoms with Crippen LogP contribution in [0.2, 0.25) is 5.02 Å². The van der Waals surface area contributed by atoms with Crippen molar-refractivity contribution in [2.75, 3.05) is 6.61 Å². The number of halogens is 1. The first kappa shape index (κ1) is 14.1. The summed E-state index contributed by atoms with van der Waals surface area (Å²) in [6.07, 6.45) is 5.35. The van der Waals surface area contributed by atoms with Crippen LogP contribution in [0.5, 0.6) is 5.75 Å². The van der Waals surface area contributed by atoms with Gasteiger partial charge in [-0.3, -0.25) is 4.79 Å². The topological polar surface area (TPSA) is 55.6 Å². The monoisotopic (exact) mass is 291 g/mol. The third-order valence-corrected chi connectivity index (χ3v) is 2.69. The Morgan fingerprint density at radius 2 is 2.15 bits per heavy atom. The number of amides is 1. The van der Waals surface area contributed by atoms with E-state index in [4.69, 9.17) is 16.3 Å². The molecule has 0 unspecified atom stereocenters. The molecular weight excluding hydrogens is 278 g/mol. The van der Waals surface area contributed by atoms with Gasteiger partial charge >= 0.3 is 0 Å². The van der Waals surface area contributed by atoms with E-state index in [2.05, 4.69) is 10.5 Å². The van der Waals surface area contributed by atoms with Crippen molar-refractivity contribution in [3.05, 3.63) is 53.3 Å². The van der Waals surface area contributed by atoms with E-state index in [-0.39, 0.29) is 12.5 Å². The SMILES string of the molecule is Cn1ccc(/C=N\NC(=O)COc2ccc(Cl)cc2)c1. The minimum Gasteiger partial charge on any atom is -0.484 e. The number of benzene rings is 1. The van der Waals surface area contributed by atoms with Crippen molar-refractivity contribution < 1.29 is 9.53 Å². The van der Waals surface area contributed by atoms with Gasteiger partial charge in [0.2, 0.25) is 0 Å². The van der Waals surface area contributed by atoms with Crippen molar-refractivity contribution in [1.82, 2.24) is 9.99 Å². The van der Waals surface area contributed by atoms with Crippen LogP contribution in [-0.2, 0) is 11.8 Å². The number of aryl methyl sites for hydroxylation is 1. The molecule has 0 saturated carbocycles. The van der Waals surface area contributed by atoms with Gasteiger partial charge in [0.15, 0.2) is 6.61 Å². The average molecular weight is 292 g/mol. The Hall–Kier alpha value is -2.27. The number of ether oxygens (including phenoxy) is 1. The fraction of sp³-hybridized carbons (Fsp3) is 0.143. The van der Waals surface area contributed by atoms with E-state index in [9.17, 15) is 4.79 Å². The lowest BCUT2D eigenvalue weighted by atomic mass is 10.3. The van der Waals surface area contributed by atoms with Crippen molar-refractivity contribution in [3.8, 4) is 5.75 Å². The Bertz CT molecular complexity index is 605. The summed E-state index contributed by atoms with van der Waals surface area (Å²) in [6, 6.07) is 8.68. The molecule has 0 bridgehead atoms. The van der Waals surface area contributed by atoms with Crippen LogP contribution in [0, 0.1) is 0 Å². The Balaban J connectivity index is 1.75. The summed E-state index contributed by atoms with van der Waals surface area (Å²) in [7, 11) is 1.91. The van der Waals surface area contributed by atoms with Crippen LogP contribution in [0.1, 0.15) is 5.56 Å². The van der Waals surface area contributed by atoms with Crippen LogP contribution >= 0.6 is 11.6 Å². The third-order valence-electron chi connectivity index (χ3n) is 2.44. The van der Waals surface area contributed by atoms with Crippen LogP contribution in [0.4, 0.5) is 0 Å². The summed E-state index contributed by atoms with van der Waals surface area (Å²) in [5, 5.41) is 4.46. The molecule has 0 saturated heterocycles. The van der Waals surface area contributed by atoms with Crippen LogP contribution in [0.3, 0.4) is 0 Å². The molecule has 2 aromatic rings. The molecule has 2 rings (SSSR count). The molecule has 5 nitrogen and oxygen atoms in total. The summed E-state index contributed by atoms with van der Waals surface area (Å²) in [5.74, 6) is 0.253.